The number of alkyl halides is 1. The third-order valence-electron chi connectivity index (χ3n) is 2.01. The van der Waals surface area contributed by atoms with Crippen molar-refractivity contribution in [2.75, 3.05) is 20.1 Å². The summed E-state index contributed by atoms with van der Waals surface area (Å²) < 4.78 is 10.4. The maximum atomic E-state index is 5.59. The first-order valence-corrected chi connectivity index (χ1v) is 5.29. The molecule has 0 bridgehead atoms. The van der Waals surface area contributed by atoms with E-state index in [0.717, 1.165) is 23.5 Å². The van der Waals surface area contributed by atoms with Gasteiger partial charge in [-0.25, -0.2) is 0 Å². The first-order valence-electron chi connectivity index (χ1n) is 4.76. The van der Waals surface area contributed by atoms with Gasteiger partial charge in [0, 0.05) is 17.5 Å². The molecule has 1 aromatic rings. The molecule has 15 heavy (non-hydrogen) atoms. The lowest BCUT2D eigenvalue weighted by molar-refractivity contribution is 0.394. The van der Waals surface area contributed by atoms with E-state index in [-0.39, 0.29) is 0 Å². The second kappa shape index (κ2) is 6.36. The lowest BCUT2D eigenvalue weighted by atomic mass is 10.1. The highest BCUT2D eigenvalue weighted by molar-refractivity contribution is 6.17. The quantitative estimate of drug-likeness (QED) is 0.717. The molecule has 2 nitrogen and oxygen atoms in total. The van der Waals surface area contributed by atoms with E-state index in [1.54, 1.807) is 14.2 Å². The van der Waals surface area contributed by atoms with E-state index < -0.39 is 0 Å². The minimum atomic E-state index is 0.634. The fraction of sp³-hybridized carbons (Fsp3) is 0.333. The number of halogens is 1. The highest BCUT2D eigenvalue weighted by atomic mass is 35.5. The van der Waals surface area contributed by atoms with Crippen molar-refractivity contribution in [3.8, 4) is 11.5 Å². The van der Waals surface area contributed by atoms with E-state index in [4.69, 9.17) is 21.1 Å². The fourth-order valence-electron chi connectivity index (χ4n) is 1.23. The van der Waals surface area contributed by atoms with Crippen LogP contribution >= 0.6 is 11.6 Å². The molecule has 0 aliphatic heterocycles. The van der Waals surface area contributed by atoms with E-state index in [2.05, 4.69) is 0 Å². The van der Waals surface area contributed by atoms with E-state index in [1.165, 1.54) is 0 Å². The van der Waals surface area contributed by atoms with Gasteiger partial charge in [0.05, 0.1) is 14.2 Å². The van der Waals surface area contributed by atoms with Gasteiger partial charge in [-0.05, 0) is 18.6 Å². The van der Waals surface area contributed by atoms with Crippen molar-refractivity contribution >= 4 is 17.7 Å². The first kappa shape index (κ1) is 11.9. The van der Waals surface area contributed by atoms with Gasteiger partial charge < -0.3 is 9.47 Å². The molecule has 0 aliphatic rings. The van der Waals surface area contributed by atoms with E-state index >= 15 is 0 Å². The fourth-order valence-corrected chi connectivity index (χ4v) is 1.36. The van der Waals surface area contributed by atoms with Crippen molar-refractivity contribution in [3.63, 3.8) is 0 Å². The van der Waals surface area contributed by atoms with Crippen molar-refractivity contribution in [3.05, 3.63) is 29.8 Å². The largest absolute Gasteiger partial charge is 0.497 e. The van der Waals surface area contributed by atoms with Gasteiger partial charge in [0.15, 0.2) is 0 Å². The van der Waals surface area contributed by atoms with Crippen LogP contribution in [0.1, 0.15) is 12.0 Å². The van der Waals surface area contributed by atoms with Gasteiger partial charge in [-0.1, -0.05) is 12.2 Å². The summed E-state index contributed by atoms with van der Waals surface area (Å²) in [5, 5.41) is 0. The van der Waals surface area contributed by atoms with Crippen molar-refractivity contribution < 1.29 is 9.47 Å². The zero-order valence-electron chi connectivity index (χ0n) is 9.00. The molecule has 1 aromatic carbocycles. The standard InChI is InChI=1S/C12H15ClO2/c1-14-11-7-6-10(5-3-4-8-13)12(9-11)15-2/h3,5-7,9H,4,8H2,1-2H3. The van der Waals surface area contributed by atoms with Crippen LogP contribution in [0.3, 0.4) is 0 Å². The summed E-state index contributed by atoms with van der Waals surface area (Å²) in [5.41, 5.74) is 1.03. The molecule has 1 rings (SSSR count). The summed E-state index contributed by atoms with van der Waals surface area (Å²) in [6.45, 7) is 0. The first-order chi connectivity index (χ1) is 7.31. The van der Waals surface area contributed by atoms with Gasteiger partial charge in [-0.2, -0.15) is 0 Å². The Morgan fingerprint density at radius 3 is 2.67 bits per heavy atom. The van der Waals surface area contributed by atoms with Crippen molar-refractivity contribution in [1.82, 2.24) is 0 Å². The number of ether oxygens (including phenoxy) is 2. The van der Waals surface area contributed by atoms with Crippen LogP contribution in [0.4, 0.5) is 0 Å². The topological polar surface area (TPSA) is 18.5 Å². The lowest BCUT2D eigenvalue weighted by Crippen LogP contribution is -1.89. The molecule has 0 fully saturated rings. The summed E-state index contributed by atoms with van der Waals surface area (Å²) >= 11 is 5.59. The normalized spacial score (nSPS) is 10.6. The maximum absolute atomic E-state index is 5.59. The molecule has 0 N–H and O–H groups in total. The maximum Gasteiger partial charge on any atom is 0.129 e. The summed E-state index contributed by atoms with van der Waals surface area (Å²) in [5.74, 6) is 2.23. The third kappa shape index (κ3) is 3.48. The number of hydrogen-bond donors (Lipinski definition) is 0. The van der Waals surface area contributed by atoms with Crippen molar-refractivity contribution in [2.45, 2.75) is 6.42 Å². The van der Waals surface area contributed by atoms with Gasteiger partial charge in [0.2, 0.25) is 0 Å². The molecule has 0 heterocycles. The Morgan fingerprint density at radius 2 is 2.07 bits per heavy atom. The van der Waals surface area contributed by atoms with Crippen LogP contribution in [0, 0.1) is 0 Å². The Balaban J connectivity index is 2.87. The molecule has 0 spiro atoms. The minimum Gasteiger partial charge on any atom is -0.497 e. The Hall–Kier alpha value is -1.15. The molecule has 3 heteroatoms. The van der Waals surface area contributed by atoms with Crippen LogP contribution in [0.15, 0.2) is 24.3 Å². The zero-order chi connectivity index (χ0) is 11.1. The smallest absolute Gasteiger partial charge is 0.129 e. The summed E-state index contributed by atoms with van der Waals surface area (Å²) in [6, 6.07) is 5.73. The Bertz CT molecular complexity index is 334. The molecule has 82 valence electrons. The van der Waals surface area contributed by atoms with Gasteiger partial charge in [-0.3, -0.25) is 0 Å². The predicted octanol–water partition coefficient (Wildman–Crippen LogP) is 3.35. The number of rotatable bonds is 5. The van der Waals surface area contributed by atoms with Crippen LogP contribution in [0.25, 0.3) is 6.08 Å². The molecule has 0 saturated heterocycles. The summed E-state index contributed by atoms with van der Waals surface area (Å²) in [4.78, 5) is 0. The number of methoxy groups -OCH3 is 2. The van der Waals surface area contributed by atoms with Gasteiger partial charge in [0.1, 0.15) is 11.5 Å². The molecule has 0 saturated carbocycles. The average molecular weight is 227 g/mol. The molecule has 0 radical (unpaired) electrons. The zero-order valence-corrected chi connectivity index (χ0v) is 9.75. The third-order valence-corrected chi connectivity index (χ3v) is 2.23. The van der Waals surface area contributed by atoms with Crippen molar-refractivity contribution in [1.29, 1.82) is 0 Å². The lowest BCUT2D eigenvalue weighted by Gasteiger charge is -2.07. The summed E-state index contributed by atoms with van der Waals surface area (Å²) in [6.07, 6.45) is 4.88. The second-order valence-electron chi connectivity index (χ2n) is 2.99. The van der Waals surface area contributed by atoms with E-state index in [9.17, 15) is 0 Å². The molecule has 0 unspecified atom stereocenters. The minimum absolute atomic E-state index is 0.634. The molecule has 0 amide bonds. The second-order valence-corrected chi connectivity index (χ2v) is 3.37. The van der Waals surface area contributed by atoms with Gasteiger partial charge in [-0.15, -0.1) is 11.6 Å². The van der Waals surface area contributed by atoms with E-state index in [1.807, 2.05) is 30.4 Å². The highest BCUT2D eigenvalue weighted by Crippen LogP contribution is 2.25. The van der Waals surface area contributed by atoms with Gasteiger partial charge >= 0.3 is 0 Å². The average Bonchev–Trinajstić information content (AvgIpc) is 2.29. The Morgan fingerprint density at radius 1 is 1.27 bits per heavy atom. The van der Waals surface area contributed by atoms with Crippen LogP contribution in [-0.2, 0) is 0 Å². The van der Waals surface area contributed by atoms with E-state index in [0.29, 0.717) is 5.88 Å². The monoisotopic (exact) mass is 226 g/mol. The Kier molecular flexibility index (Phi) is 5.05. The molecule has 0 aromatic heterocycles. The molecular weight excluding hydrogens is 212 g/mol. The molecule has 0 atom stereocenters. The highest BCUT2D eigenvalue weighted by Gasteiger charge is 2.01. The van der Waals surface area contributed by atoms with Crippen LogP contribution in [0.5, 0.6) is 11.5 Å². The molecule has 0 aliphatic carbocycles. The number of allylic oxidation sites excluding steroid dienone is 1. The number of benzene rings is 1. The van der Waals surface area contributed by atoms with Crippen LogP contribution in [-0.4, -0.2) is 20.1 Å². The van der Waals surface area contributed by atoms with Crippen molar-refractivity contribution in [2.24, 2.45) is 0 Å². The van der Waals surface area contributed by atoms with Crippen LogP contribution < -0.4 is 9.47 Å². The SMILES string of the molecule is COc1ccc(C=CCCCl)c(OC)c1. The molecular formula is C12H15ClO2. The van der Waals surface area contributed by atoms with Gasteiger partial charge in [0.25, 0.3) is 0 Å². The Labute approximate surface area is 95.5 Å². The summed E-state index contributed by atoms with van der Waals surface area (Å²) in [7, 11) is 3.28. The number of hydrogen-bond acceptors (Lipinski definition) is 2. The van der Waals surface area contributed by atoms with Crippen LogP contribution in [0.2, 0.25) is 0 Å². The predicted molar refractivity (Wildman–Crippen MR) is 63.9 cm³/mol.